The summed E-state index contributed by atoms with van der Waals surface area (Å²) in [5, 5.41) is 13.8. The van der Waals surface area contributed by atoms with Gasteiger partial charge in [0, 0.05) is 49.9 Å². The fourth-order valence-electron chi connectivity index (χ4n) is 4.59. The number of nitrogens with zero attached hydrogens (tertiary/aromatic N) is 3. The van der Waals surface area contributed by atoms with E-state index in [9.17, 15) is 18.5 Å². The van der Waals surface area contributed by atoms with E-state index >= 15 is 0 Å². The van der Waals surface area contributed by atoms with Crippen LogP contribution in [0.4, 0.5) is 11.4 Å². The van der Waals surface area contributed by atoms with E-state index in [1.165, 1.54) is 28.6 Å². The third kappa shape index (κ3) is 4.88. The van der Waals surface area contributed by atoms with E-state index in [4.69, 9.17) is 0 Å². The zero-order chi connectivity index (χ0) is 26.2. The third-order valence-corrected chi connectivity index (χ3v) is 9.07. The molecule has 0 saturated carbocycles. The highest BCUT2D eigenvalue weighted by Crippen LogP contribution is 2.34. The summed E-state index contributed by atoms with van der Waals surface area (Å²) in [5.74, 6) is 0. The summed E-state index contributed by atoms with van der Waals surface area (Å²) in [6.45, 7) is 0.700. The molecular formula is C27H21Br2N3O4S. The first kappa shape index (κ1) is 25.4. The molecule has 5 aromatic rings. The largest absolute Gasteiger partial charge is 0.340 e. The summed E-state index contributed by atoms with van der Waals surface area (Å²) in [6.07, 6.45) is 0.486. The van der Waals surface area contributed by atoms with Crippen LogP contribution in [0, 0.1) is 10.1 Å². The molecule has 1 aromatic heterocycles. The van der Waals surface area contributed by atoms with Gasteiger partial charge in [0.1, 0.15) is 0 Å². The van der Waals surface area contributed by atoms with Gasteiger partial charge in [0.2, 0.25) is 0 Å². The maximum Gasteiger partial charge on any atom is 0.289 e. The third-order valence-electron chi connectivity index (χ3n) is 6.21. The Morgan fingerprint density at radius 1 is 0.811 bits per heavy atom. The highest BCUT2D eigenvalue weighted by Gasteiger charge is 2.31. The summed E-state index contributed by atoms with van der Waals surface area (Å²) >= 11 is 7.12. The van der Waals surface area contributed by atoms with Gasteiger partial charge in [0.25, 0.3) is 15.7 Å². The van der Waals surface area contributed by atoms with Gasteiger partial charge < -0.3 is 4.57 Å². The molecule has 5 rings (SSSR count). The predicted molar refractivity (Wildman–Crippen MR) is 154 cm³/mol. The number of hydrogen-bond acceptors (Lipinski definition) is 4. The van der Waals surface area contributed by atoms with Crippen LogP contribution in [0.1, 0.15) is 6.42 Å². The zero-order valence-electron chi connectivity index (χ0n) is 19.4. The molecule has 10 heteroatoms. The van der Waals surface area contributed by atoms with Crippen molar-refractivity contribution >= 4 is 75.1 Å². The van der Waals surface area contributed by atoms with E-state index in [0.717, 1.165) is 30.8 Å². The van der Waals surface area contributed by atoms with Crippen LogP contribution in [0.15, 0.2) is 105 Å². The summed E-state index contributed by atoms with van der Waals surface area (Å²) in [5.41, 5.74) is 2.10. The van der Waals surface area contributed by atoms with E-state index < -0.39 is 20.6 Å². The number of fused-ring (bicyclic) bond motifs is 3. The Bertz CT molecular complexity index is 1680. The number of halogens is 2. The second kappa shape index (κ2) is 10.3. The molecule has 4 aromatic carbocycles. The lowest BCUT2D eigenvalue weighted by Gasteiger charge is -2.24. The van der Waals surface area contributed by atoms with E-state index in [0.29, 0.717) is 18.7 Å². The van der Waals surface area contributed by atoms with Gasteiger partial charge in [-0.15, -0.1) is 0 Å². The number of sulfonamides is 1. The highest BCUT2D eigenvalue weighted by atomic mass is 79.9. The van der Waals surface area contributed by atoms with Crippen LogP contribution in [-0.4, -0.2) is 24.5 Å². The topological polar surface area (TPSA) is 85.4 Å². The molecule has 0 atom stereocenters. The molecule has 0 unspecified atom stereocenters. The molecule has 0 bridgehead atoms. The van der Waals surface area contributed by atoms with Crippen molar-refractivity contribution in [2.75, 3.05) is 10.8 Å². The van der Waals surface area contributed by atoms with Crippen LogP contribution in [0.3, 0.4) is 0 Å². The maximum atomic E-state index is 13.8. The molecule has 0 aliphatic rings. The van der Waals surface area contributed by atoms with Crippen molar-refractivity contribution in [3.63, 3.8) is 0 Å². The SMILES string of the molecule is O=[N+]([O-])c1ccccc1S(=O)(=O)N(CCCn1c2ccc(Br)cc2c2cc(Br)ccc21)c1ccccc1. The van der Waals surface area contributed by atoms with Gasteiger partial charge in [-0.1, -0.05) is 62.2 Å². The van der Waals surface area contributed by atoms with E-state index in [1.54, 1.807) is 30.3 Å². The molecule has 7 nitrogen and oxygen atoms in total. The Balaban J connectivity index is 1.52. The van der Waals surface area contributed by atoms with Crippen LogP contribution < -0.4 is 4.31 Å². The Labute approximate surface area is 230 Å². The molecule has 0 fully saturated rings. The molecule has 0 aliphatic heterocycles. The highest BCUT2D eigenvalue weighted by molar-refractivity contribution is 9.10. The quantitative estimate of drug-likeness (QED) is 0.129. The van der Waals surface area contributed by atoms with E-state index in [2.05, 4.69) is 48.6 Å². The van der Waals surface area contributed by atoms with E-state index in [1.807, 2.05) is 24.3 Å². The lowest BCUT2D eigenvalue weighted by atomic mass is 10.2. The molecule has 0 saturated heterocycles. The number of nitro benzene ring substituents is 1. The van der Waals surface area contributed by atoms with Crippen molar-refractivity contribution in [1.29, 1.82) is 0 Å². The van der Waals surface area contributed by atoms with Gasteiger partial charge in [-0.05, 0) is 61.0 Å². The van der Waals surface area contributed by atoms with Gasteiger partial charge in [0.15, 0.2) is 4.90 Å². The molecule has 0 spiro atoms. The van der Waals surface area contributed by atoms with Gasteiger partial charge in [0.05, 0.1) is 10.6 Å². The van der Waals surface area contributed by atoms with Crippen LogP contribution in [-0.2, 0) is 16.6 Å². The minimum absolute atomic E-state index is 0.145. The Morgan fingerprint density at radius 3 is 1.97 bits per heavy atom. The smallest absolute Gasteiger partial charge is 0.289 e. The number of nitro groups is 1. The lowest BCUT2D eigenvalue weighted by Crippen LogP contribution is -2.33. The number of benzene rings is 4. The average molecular weight is 643 g/mol. The Kier molecular flexibility index (Phi) is 7.06. The fourth-order valence-corrected chi connectivity index (χ4v) is 6.97. The summed E-state index contributed by atoms with van der Waals surface area (Å²) in [6, 6.07) is 26.4. The molecular weight excluding hydrogens is 622 g/mol. The number of aryl methyl sites for hydroxylation is 1. The van der Waals surface area contributed by atoms with Crippen molar-refractivity contribution in [3.8, 4) is 0 Å². The normalized spacial score (nSPS) is 11.7. The van der Waals surface area contributed by atoms with Crippen molar-refractivity contribution in [3.05, 3.63) is 110 Å². The Hall–Kier alpha value is -3.21. The summed E-state index contributed by atoms with van der Waals surface area (Å²) in [4.78, 5) is 10.6. The minimum Gasteiger partial charge on any atom is -0.340 e. The second-order valence-corrected chi connectivity index (χ2v) is 12.1. The fraction of sp³-hybridized carbons (Fsp3) is 0.111. The van der Waals surface area contributed by atoms with Crippen LogP contribution >= 0.6 is 31.9 Å². The molecule has 0 aliphatic carbocycles. The van der Waals surface area contributed by atoms with Crippen molar-refractivity contribution < 1.29 is 13.3 Å². The number of rotatable bonds is 8. The molecule has 0 N–H and O–H groups in total. The number of hydrogen-bond donors (Lipinski definition) is 0. The molecule has 0 radical (unpaired) electrons. The number of anilines is 1. The summed E-state index contributed by atoms with van der Waals surface area (Å²) < 4.78 is 32.9. The first-order valence-electron chi connectivity index (χ1n) is 11.5. The molecule has 37 heavy (non-hydrogen) atoms. The van der Waals surface area contributed by atoms with Gasteiger partial charge in [-0.2, -0.15) is 0 Å². The molecule has 0 amide bonds. The monoisotopic (exact) mass is 641 g/mol. The van der Waals surface area contributed by atoms with Gasteiger partial charge in [-0.3, -0.25) is 14.4 Å². The summed E-state index contributed by atoms with van der Waals surface area (Å²) in [7, 11) is -4.20. The predicted octanol–water partition coefficient (Wildman–Crippen LogP) is 7.51. The minimum atomic E-state index is -4.20. The van der Waals surface area contributed by atoms with Crippen molar-refractivity contribution in [2.45, 2.75) is 17.9 Å². The van der Waals surface area contributed by atoms with Gasteiger partial charge in [-0.25, -0.2) is 8.42 Å². The van der Waals surface area contributed by atoms with Crippen LogP contribution in [0.5, 0.6) is 0 Å². The first-order valence-corrected chi connectivity index (χ1v) is 14.5. The first-order chi connectivity index (χ1) is 17.8. The zero-order valence-corrected chi connectivity index (χ0v) is 23.4. The van der Waals surface area contributed by atoms with Crippen molar-refractivity contribution in [1.82, 2.24) is 4.57 Å². The van der Waals surface area contributed by atoms with Crippen molar-refractivity contribution in [2.24, 2.45) is 0 Å². The second-order valence-electron chi connectivity index (χ2n) is 8.47. The lowest BCUT2D eigenvalue weighted by molar-refractivity contribution is -0.387. The number of aromatic nitrogens is 1. The maximum absolute atomic E-state index is 13.8. The van der Waals surface area contributed by atoms with Gasteiger partial charge >= 0.3 is 0 Å². The standard InChI is InChI=1S/C27H21Br2N3O4S/c28-19-11-13-24-22(17-19)23-18-20(29)12-14-25(23)30(24)15-6-16-31(21-7-2-1-3-8-21)37(35,36)27-10-5-4-9-26(27)32(33)34/h1-5,7-14,17-18H,6,15-16H2. The van der Waals surface area contributed by atoms with E-state index in [-0.39, 0.29) is 11.4 Å². The van der Waals surface area contributed by atoms with Crippen LogP contribution in [0.2, 0.25) is 0 Å². The number of para-hydroxylation sites is 2. The average Bonchev–Trinajstić information content (AvgIpc) is 3.18. The molecule has 188 valence electrons. The molecule has 1 heterocycles. The van der Waals surface area contributed by atoms with Crippen LogP contribution in [0.25, 0.3) is 21.8 Å². The Morgan fingerprint density at radius 2 is 1.38 bits per heavy atom.